The Labute approximate surface area is 210 Å². The van der Waals surface area contributed by atoms with E-state index in [1.54, 1.807) is 0 Å². The van der Waals surface area contributed by atoms with Crippen LogP contribution in [-0.2, 0) is 22.4 Å². The van der Waals surface area contributed by atoms with Crippen molar-refractivity contribution >= 4 is 28.4 Å². The number of carbonyl (C=O) groups excluding carboxylic acids is 2. The minimum absolute atomic E-state index is 0.000926. The molecule has 188 valence electrons. The number of hydrogen-bond acceptors (Lipinski definition) is 5. The van der Waals surface area contributed by atoms with Crippen molar-refractivity contribution in [3.05, 3.63) is 70.3 Å². The Hall–Kier alpha value is -3.52. The van der Waals surface area contributed by atoms with Gasteiger partial charge in [0.05, 0.1) is 17.4 Å². The third-order valence-electron chi connectivity index (χ3n) is 7.12. The highest BCUT2D eigenvalue weighted by Gasteiger charge is 2.29. The zero-order valence-electron chi connectivity index (χ0n) is 20.8. The Kier molecular flexibility index (Phi) is 7.13. The van der Waals surface area contributed by atoms with Crippen LogP contribution >= 0.6 is 0 Å². The lowest BCUT2D eigenvalue weighted by Gasteiger charge is -2.34. The number of benzene rings is 2. The van der Waals surface area contributed by atoms with E-state index < -0.39 is 0 Å². The van der Waals surface area contributed by atoms with Gasteiger partial charge >= 0.3 is 0 Å². The molecule has 2 aliphatic rings. The molecular formula is C28H33N5O3. The standard InChI is InChI=1S/C28H33N5O3/c1-2-20-7-3-5-9-23(20)30-26(34)19-31-15-17-32(18-16-31)27(35)14-13-25-29-24-10-6-4-8-22(24)28(36)33(25)21-11-12-21/h3-10,21H,2,11-19H2,1H3,(H,30,34). The van der Waals surface area contributed by atoms with Gasteiger partial charge in [-0.25, -0.2) is 4.98 Å². The molecule has 0 bridgehead atoms. The van der Waals surface area contributed by atoms with Crippen LogP contribution in [0.2, 0.25) is 0 Å². The maximum absolute atomic E-state index is 13.0. The zero-order chi connectivity index (χ0) is 25.1. The minimum atomic E-state index is -0.0314. The largest absolute Gasteiger partial charge is 0.340 e. The second kappa shape index (κ2) is 10.6. The first-order valence-electron chi connectivity index (χ1n) is 12.9. The van der Waals surface area contributed by atoms with Crippen molar-refractivity contribution in [2.24, 2.45) is 0 Å². The van der Waals surface area contributed by atoms with Crippen molar-refractivity contribution < 1.29 is 9.59 Å². The second-order valence-electron chi connectivity index (χ2n) is 9.67. The summed E-state index contributed by atoms with van der Waals surface area (Å²) in [7, 11) is 0. The Bertz CT molecular complexity index is 1320. The smallest absolute Gasteiger partial charge is 0.261 e. The van der Waals surface area contributed by atoms with Crippen LogP contribution in [0.3, 0.4) is 0 Å². The average molecular weight is 488 g/mol. The maximum Gasteiger partial charge on any atom is 0.261 e. The van der Waals surface area contributed by atoms with Crippen molar-refractivity contribution in [2.45, 2.75) is 45.1 Å². The summed E-state index contributed by atoms with van der Waals surface area (Å²) in [5.74, 6) is 0.744. The number of aryl methyl sites for hydroxylation is 2. The second-order valence-corrected chi connectivity index (χ2v) is 9.67. The number of piperazine rings is 1. The molecule has 1 saturated heterocycles. The molecule has 0 atom stereocenters. The summed E-state index contributed by atoms with van der Waals surface area (Å²) in [6.07, 6.45) is 3.62. The number of anilines is 1. The van der Waals surface area contributed by atoms with Gasteiger partial charge < -0.3 is 10.2 Å². The first kappa shape index (κ1) is 24.2. The Morgan fingerprint density at radius 2 is 1.72 bits per heavy atom. The van der Waals surface area contributed by atoms with Crippen molar-refractivity contribution in [2.75, 3.05) is 38.0 Å². The monoisotopic (exact) mass is 487 g/mol. The number of amides is 2. The SMILES string of the molecule is CCc1ccccc1NC(=O)CN1CCN(C(=O)CCc2nc3ccccc3c(=O)n2C2CC2)CC1. The molecule has 3 aromatic rings. The summed E-state index contributed by atoms with van der Waals surface area (Å²) in [5.41, 5.74) is 2.68. The molecule has 2 amide bonds. The molecule has 2 fully saturated rings. The molecule has 5 rings (SSSR count). The number of aromatic nitrogens is 2. The first-order valence-corrected chi connectivity index (χ1v) is 12.9. The molecular weight excluding hydrogens is 454 g/mol. The molecule has 1 aliphatic heterocycles. The van der Waals surface area contributed by atoms with Gasteiger partial charge in [-0.1, -0.05) is 37.3 Å². The summed E-state index contributed by atoms with van der Waals surface area (Å²) in [5, 5.41) is 3.66. The summed E-state index contributed by atoms with van der Waals surface area (Å²) in [4.78, 5) is 47.3. The van der Waals surface area contributed by atoms with Gasteiger partial charge in [0.1, 0.15) is 5.82 Å². The Morgan fingerprint density at radius 3 is 2.47 bits per heavy atom. The molecule has 1 N–H and O–H groups in total. The number of hydrogen-bond donors (Lipinski definition) is 1. The van der Waals surface area contributed by atoms with Gasteiger partial charge in [-0.2, -0.15) is 0 Å². The first-order chi connectivity index (χ1) is 17.5. The molecule has 36 heavy (non-hydrogen) atoms. The number of nitrogens with zero attached hydrogens (tertiary/aromatic N) is 4. The summed E-state index contributed by atoms with van der Waals surface area (Å²) in [6.45, 7) is 4.90. The van der Waals surface area contributed by atoms with Gasteiger partial charge in [-0.15, -0.1) is 0 Å². The van der Waals surface area contributed by atoms with Gasteiger partial charge in [0, 0.05) is 50.7 Å². The van der Waals surface area contributed by atoms with Gasteiger partial charge in [0.2, 0.25) is 11.8 Å². The fraction of sp³-hybridized carbons (Fsp3) is 0.429. The molecule has 2 heterocycles. The van der Waals surface area contributed by atoms with E-state index in [1.807, 2.05) is 58.0 Å². The van der Waals surface area contributed by atoms with Crippen LogP contribution in [0.4, 0.5) is 5.69 Å². The van der Waals surface area contributed by atoms with Crippen LogP contribution in [0.25, 0.3) is 10.9 Å². The lowest BCUT2D eigenvalue weighted by molar-refractivity contribution is -0.133. The predicted octanol–water partition coefficient (Wildman–Crippen LogP) is 3.01. The van der Waals surface area contributed by atoms with Crippen molar-refractivity contribution in [3.63, 3.8) is 0 Å². The van der Waals surface area contributed by atoms with E-state index >= 15 is 0 Å². The highest BCUT2D eigenvalue weighted by atomic mass is 16.2. The molecule has 1 aromatic heterocycles. The highest BCUT2D eigenvalue weighted by molar-refractivity contribution is 5.93. The molecule has 0 unspecified atom stereocenters. The van der Waals surface area contributed by atoms with Gasteiger partial charge in [0.15, 0.2) is 0 Å². The fourth-order valence-electron chi connectivity index (χ4n) is 4.95. The molecule has 0 spiro atoms. The van der Waals surface area contributed by atoms with Crippen LogP contribution < -0.4 is 10.9 Å². The fourth-order valence-corrected chi connectivity index (χ4v) is 4.95. The number of rotatable bonds is 8. The van der Waals surface area contributed by atoms with E-state index in [0.29, 0.717) is 62.3 Å². The number of nitrogens with one attached hydrogen (secondary N) is 1. The van der Waals surface area contributed by atoms with Crippen LogP contribution in [0.15, 0.2) is 53.3 Å². The van der Waals surface area contributed by atoms with Crippen molar-refractivity contribution in [3.8, 4) is 0 Å². The predicted molar refractivity (Wildman–Crippen MR) is 140 cm³/mol. The number of fused-ring (bicyclic) bond motifs is 1. The third kappa shape index (κ3) is 5.33. The molecule has 0 radical (unpaired) electrons. The average Bonchev–Trinajstić information content (AvgIpc) is 3.73. The van der Waals surface area contributed by atoms with E-state index in [1.165, 1.54) is 0 Å². The molecule has 2 aromatic carbocycles. The molecule has 8 heteroatoms. The van der Waals surface area contributed by atoms with E-state index in [-0.39, 0.29) is 23.4 Å². The summed E-state index contributed by atoms with van der Waals surface area (Å²) >= 11 is 0. The minimum Gasteiger partial charge on any atom is -0.340 e. The number of carbonyl (C=O) groups is 2. The topological polar surface area (TPSA) is 87.5 Å². The maximum atomic E-state index is 13.0. The van der Waals surface area contributed by atoms with E-state index in [4.69, 9.17) is 4.98 Å². The van der Waals surface area contributed by atoms with Crippen molar-refractivity contribution in [1.82, 2.24) is 19.4 Å². The summed E-state index contributed by atoms with van der Waals surface area (Å²) < 4.78 is 1.81. The van der Waals surface area contributed by atoms with Crippen LogP contribution in [-0.4, -0.2) is 63.9 Å². The summed E-state index contributed by atoms with van der Waals surface area (Å²) in [6, 6.07) is 15.5. The van der Waals surface area contributed by atoms with E-state index in [0.717, 1.165) is 30.5 Å². The Morgan fingerprint density at radius 1 is 1.00 bits per heavy atom. The highest BCUT2D eigenvalue weighted by Crippen LogP contribution is 2.35. The van der Waals surface area contributed by atoms with Gasteiger partial charge in [0.25, 0.3) is 5.56 Å². The van der Waals surface area contributed by atoms with Crippen LogP contribution in [0, 0.1) is 0 Å². The van der Waals surface area contributed by atoms with Crippen LogP contribution in [0.5, 0.6) is 0 Å². The lowest BCUT2D eigenvalue weighted by Crippen LogP contribution is -2.50. The molecule has 8 nitrogen and oxygen atoms in total. The van der Waals surface area contributed by atoms with Gasteiger partial charge in [-0.05, 0) is 43.0 Å². The quantitative estimate of drug-likeness (QED) is 0.528. The normalized spacial score (nSPS) is 16.3. The molecule has 1 aliphatic carbocycles. The lowest BCUT2D eigenvalue weighted by atomic mass is 10.1. The van der Waals surface area contributed by atoms with Crippen LogP contribution in [0.1, 0.15) is 43.6 Å². The Balaban J connectivity index is 1.14. The van der Waals surface area contributed by atoms with Crippen molar-refractivity contribution in [1.29, 1.82) is 0 Å². The molecule has 1 saturated carbocycles. The van der Waals surface area contributed by atoms with Gasteiger partial charge in [-0.3, -0.25) is 23.9 Å². The van der Waals surface area contributed by atoms with E-state index in [2.05, 4.69) is 17.1 Å². The third-order valence-corrected chi connectivity index (χ3v) is 7.12. The van der Waals surface area contributed by atoms with E-state index in [9.17, 15) is 14.4 Å². The number of para-hydroxylation sites is 2. The zero-order valence-corrected chi connectivity index (χ0v) is 20.8.